The summed E-state index contributed by atoms with van der Waals surface area (Å²) < 4.78 is 1.66. The van der Waals surface area contributed by atoms with Crippen molar-refractivity contribution in [2.45, 2.75) is 20.4 Å². The normalized spacial score (nSPS) is 9.83. The van der Waals surface area contributed by atoms with Crippen molar-refractivity contribution in [2.75, 3.05) is 0 Å². The number of rotatable bonds is 3. The Morgan fingerprint density at radius 3 is 3.00 bits per heavy atom. The summed E-state index contributed by atoms with van der Waals surface area (Å²) in [6.45, 7) is 8.14. The highest BCUT2D eigenvalue weighted by Crippen LogP contribution is 2.03. The van der Waals surface area contributed by atoms with E-state index < -0.39 is 0 Å². The van der Waals surface area contributed by atoms with Crippen LogP contribution in [0.2, 0.25) is 0 Å². The van der Waals surface area contributed by atoms with Gasteiger partial charge in [-0.05, 0) is 19.9 Å². The maximum atomic E-state index is 10.5. The van der Waals surface area contributed by atoms with Gasteiger partial charge in [0.25, 0.3) is 0 Å². The van der Waals surface area contributed by atoms with Crippen LogP contribution in [-0.2, 0) is 6.54 Å². The van der Waals surface area contributed by atoms with Crippen molar-refractivity contribution in [1.29, 1.82) is 0 Å². The number of carbonyl (C=O) groups excluding carboxylic acids is 1. The zero-order valence-corrected chi connectivity index (χ0v) is 7.37. The number of nitrogens with zero attached hydrogens (tertiary/aromatic N) is 2. The smallest absolute Gasteiger partial charge is 0.168 e. The fourth-order valence-electron chi connectivity index (χ4n) is 1.04. The maximum Gasteiger partial charge on any atom is 0.168 e. The summed E-state index contributed by atoms with van der Waals surface area (Å²) in [6.07, 6.45) is 0.808. The highest BCUT2D eigenvalue weighted by Gasteiger charge is 2.02. The molecule has 3 heteroatoms. The van der Waals surface area contributed by atoms with Crippen molar-refractivity contribution < 1.29 is 4.79 Å². The molecule has 0 aromatic carbocycles. The molecule has 0 fully saturated rings. The van der Waals surface area contributed by atoms with Crippen LogP contribution in [0, 0.1) is 6.92 Å². The fraction of sp³-hybridized carbons (Fsp3) is 0.333. The molecule has 1 aromatic rings. The van der Waals surface area contributed by atoms with Crippen molar-refractivity contribution >= 4 is 6.29 Å². The zero-order chi connectivity index (χ0) is 9.14. The van der Waals surface area contributed by atoms with Gasteiger partial charge < -0.3 is 0 Å². The van der Waals surface area contributed by atoms with Crippen molar-refractivity contribution in [1.82, 2.24) is 9.78 Å². The van der Waals surface area contributed by atoms with E-state index in [9.17, 15) is 4.79 Å². The molecule has 0 aliphatic rings. The summed E-state index contributed by atoms with van der Waals surface area (Å²) in [4.78, 5) is 10.5. The first-order chi connectivity index (χ1) is 5.63. The molecule has 0 amide bonds. The maximum absolute atomic E-state index is 10.5. The summed E-state index contributed by atoms with van der Waals surface area (Å²) in [5.74, 6) is 0. The Labute approximate surface area is 71.7 Å². The topological polar surface area (TPSA) is 34.9 Å². The van der Waals surface area contributed by atoms with Gasteiger partial charge >= 0.3 is 0 Å². The third-order valence-corrected chi connectivity index (χ3v) is 1.47. The third-order valence-electron chi connectivity index (χ3n) is 1.47. The molecule has 0 bridgehead atoms. The van der Waals surface area contributed by atoms with Crippen LogP contribution >= 0.6 is 0 Å². The number of hydrogen-bond donors (Lipinski definition) is 0. The van der Waals surface area contributed by atoms with Gasteiger partial charge in [0, 0.05) is 0 Å². The quantitative estimate of drug-likeness (QED) is 0.502. The highest BCUT2D eigenvalue weighted by molar-refractivity contribution is 5.72. The summed E-state index contributed by atoms with van der Waals surface area (Å²) in [7, 11) is 0. The van der Waals surface area contributed by atoms with E-state index >= 15 is 0 Å². The highest BCUT2D eigenvalue weighted by atomic mass is 16.1. The first kappa shape index (κ1) is 8.71. The standard InChI is InChI=1S/C9H12N2O/c1-7(2)5-11-9(6-12)4-8(3)10-11/h4,6H,1,5H2,2-3H3. The van der Waals surface area contributed by atoms with Gasteiger partial charge in [-0.25, -0.2) is 0 Å². The average molecular weight is 164 g/mol. The molecule has 0 aliphatic carbocycles. The second kappa shape index (κ2) is 3.34. The summed E-state index contributed by atoms with van der Waals surface area (Å²) in [6, 6.07) is 1.76. The number of aldehydes is 1. The van der Waals surface area contributed by atoms with Gasteiger partial charge in [-0.3, -0.25) is 9.48 Å². The van der Waals surface area contributed by atoms with Gasteiger partial charge in [-0.15, -0.1) is 0 Å². The summed E-state index contributed by atoms with van der Waals surface area (Å²) in [5, 5.41) is 4.15. The van der Waals surface area contributed by atoms with Gasteiger partial charge in [0.1, 0.15) is 5.69 Å². The van der Waals surface area contributed by atoms with Gasteiger partial charge in [-0.1, -0.05) is 12.2 Å². The second-order valence-corrected chi connectivity index (χ2v) is 2.94. The number of hydrogen-bond acceptors (Lipinski definition) is 2. The fourth-order valence-corrected chi connectivity index (χ4v) is 1.04. The molecule has 0 aliphatic heterocycles. The zero-order valence-electron chi connectivity index (χ0n) is 7.37. The molecule has 1 heterocycles. The van der Waals surface area contributed by atoms with Gasteiger partial charge in [0.2, 0.25) is 0 Å². The predicted octanol–water partition coefficient (Wildman–Crippen LogP) is 1.58. The lowest BCUT2D eigenvalue weighted by molar-refractivity contribution is 0.111. The Bertz CT molecular complexity index is 312. The molecular formula is C9H12N2O. The molecular weight excluding hydrogens is 152 g/mol. The molecule has 0 spiro atoms. The van der Waals surface area contributed by atoms with E-state index in [-0.39, 0.29) is 0 Å². The molecule has 0 atom stereocenters. The first-order valence-electron chi connectivity index (χ1n) is 3.77. The monoisotopic (exact) mass is 164 g/mol. The molecule has 3 nitrogen and oxygen atoms in total. The minimum absolute atomic E-state index is 0.607. The number of aromatic nitrogens is 2. The van der Waals surface area contributed by atoms with Gasteiger partial charge in [0.15, 0.2) is 6.29 Å². The molecule has 0 unspecified atom stereocenters. The molecule has 0 saturated carbocycles. The van der Waals surface area contributed by atoms with Crippen LogP contribution < -0.4 is 0 Å². The van der Waals surface area contributed by atoms with E-state index in [2.05, 4.69) is 11.7 Å². The number of allylic oxidation sites excluding steroid dienone is 1. The van der Waals surface area contributed by atoms with Crippen molar-refractivity contribution in [3.63, 3.8) is 0 Å². The van der Waals surface area contributed by atoms with Crippen LogP contribution in [0.1, 0.15) is 23.1 Å². The summed E-state index contributed by atoms with van der Waals surface area (Å²) >= 11 is 0. The van der Waals surface area contributed by atoms with E-state index in [1.807, 2.05) is 13.8 Å². The molecule has 0 saturated heterocycles. The second-order valence-electron chi connectivity index (χ2n) is 2.94. The SMILES string of the molecule is C=C(C)Cn1nc(C)cc1C=O. The van der Waals surface area contributed by atoms with Crippen molar-refractivity contribution in [2.24, 2.45) is 0 Å². The van der Waals surface area contributed by atoms with E-state index in [4.69, 9.17) is 0 Å². The van der Waals surface area contributed by atoms with E-state index in [0.29, 0.717) is 12.2 Å². The molecule has 0 radical (unpaired) electrons. The minimum atomic E-state index is 0.607. The lowest BCUT2D eigenvalue weighted by atomic mass is 10.3. The van der Waals surface area contributed by atoms with Crippen LogP contribution in [0.15, 0.2) is 18.2 Å². The summed E-state index contributed by atoms with van der Waals surface area (Å²) in [5.41, 5.74) is 2.45. The average Bonchev–Trinajstić information content (AvgIpc) is 2.29. The van der Waals surface area contributed by atoms with Crippen molar-refractivity contribution in [3.8, 4) is 0 Å². The Kier molecular flexibility index (Phi) is 2.43. The van der Waals surface area contributed by atoms with Crippen LogP contribution in [0.5, 0.6) is 0 Å². The molecule has 12 heavy (non-hydrogen) atoms. The first-order valence-corrected chi connectivity index (χ1v) is 3.77. The molecule has 64 valence electrons. The van der Waals surface area contributed by atoms with E-state index in [1.54, 1.807) is 10.7 Å². The Morgan fingerprint density at radius 2 is 2.50 bits per heavy atom. The predicted molar refractivity (Wildman–Crippen MR) is 47.2 cm³/mol. The van der Waals surface area contributed by atoms with Crippen molar-refractivity contribution in [3.05, 3.63) is 29.6 Å². The van der Waals surface area contributed by atoms with Crippen LogP contribution in [0.4, 0.5) is 0 Å². The van der Waals surface area contributed by atoms with Gasteiger partial charge in [-0.2, -0.15) is 5.10 Å². The number of aryl methyl sites for hydroxylation is 1. The molecule has 1 rings (SSSR count). The van der Waals surface area contributed by atoms with E-state index in [1.165, 1.54) is 0 Å². The van der Waals surface area contributed by atoms with Gasteiger partial charge in [0.05, 0.1) is 12.2 Å². The molecule has 1 aromatic heterocycles. The largest absolute Gasteiger partial charge is 0.296 e. The Morgan fingerprint density at radius 1 is 1.83 bits per heavy atom. The number of carbonyl (C=O) groups is 1. The Hall–Kier alpha value is -1.38. The van der Waals surface area contributed by atoms with E-state index in [0.717, 1.165) is 17.6 Å². The Balaban J connectivity index is 2.96. The lowest BCUT2D eigenvalue weighted by Gasteiger charge is -2.01. The van der Waals surface area contributed by atoms with Crippen LogP contribution in [0.3, 0.4) is 0 Å². The van der Waals surface area contributed by atoms with Crippen LogP contribution in [0.25, 0.3) is 0 Å². The lowest BCUT2D eigenvalue weighted by Crippen LogP contribution is -2.04. The minimum Gasteiger partial charge on any atom is -0.296 e. The van der Waals surface area contributed by atoms with Crippen LogP contribution in [-0.4, -0.2) is 16.1 Å². The molecule has 0 N–H and O–H groups in total. The third kappa shape index (κ3) is 1.81.